The van der Waals surface area contributed by atoms with Crippen LogP contribution in [-0.4, -0.2) is 34.1 Å². The number of aromatic nitrogens is 2. The van der Waals surface area contributed by atoms with Crippen LogP contribution in [0, 0.1) is 0 Å². The molecule has 0 unspecified atom stereocenters. The van der Waals surface area contributed by atoms with Crippen LogP contribution in [0.4, 0.5) is 4.79 Å². The van der Waals surface area contributed by atoms with E-state index in [1.807, 2.05) is 13.1 Å². The Kier molecular flexibility index (Phi) is 2.40. The van der Waals surface area contributed by atoms with Crippen LogP contribution in [-0.2, 0) is 6.42 Å². The van der Waals surface area contributed by atoms with Crippen molar-refractivity contribution in [1.82, 2.24) is 14.5 Å². The van der Waals surface area contributed by atoms with E-state index in [0.717, 1.165) is 29.7 Å². The Morgan fingerprint density at radius 2 is 2.17 bits per heavy atom. The standard InChI is InChI=1S/C14H17N3O/c1-9(2)12-10-5-4-7-15-13(10)17-11(12)6-8-16(3)14(17)18/h4-5,7,9H,6,8H2,1-3H3. The zero-order chi connectivity index (χ0) is 12.9. The Morgan fingerprint density at radius 3 is 2.89 bits per heavy atom. The number of rotatable bonds is 1. The molecule has 0 N–H and O–H groups in total. The number of carbonyl (C=O) groups is 1. The molecule has 94 valence electrons. The molecule has 1 aliphatic heterocycles. The van der Waals surface area contributed by atoms with E-state index in [-0.39, 0.29) is 6.03 Å². The summed E-state index contributed by atoms with van der Waals surface area (Å²) < 4.78 is 1.79. The monoisotopic (exact) mass is 243 g/mol. The van der Waals surface area contributed by atoms with Crippen LogP contribution in [0.25, 0.3) is 11.0 Å². The van der Waals surface area contributed by atoms with Gasteiger partial charge in [-0.1, -0.05) is 13.8 Å². The van der Waals surface area contributed by atoms with E-state index in [0.29, 0.717) is 5.92 Å². The molecule has 0 radical (unpaired) electrons. The van der Waals surface area contributed by atoms with Gasteiger partial charge < -0.3 is 4.90 Å². The molecule has 2 aromatic heterocycles. The lowest BCUT2D eigenvalue weighted by Gasteiger charge is -2.25. The number of nitrogens with zero attached hydrogens (tertiary/aromatic N) is 3. The molecule has 0 atom stereocenters. The minimum Gasteiger partial charge on any atom is -0.327 e. The molecular weight excluding hydrogens is 226 g/mol. The van der Waals surface area contributed by atoms with Crippen molar-refractivity contribution in [2.45, 2.75) is 26.2 Å². The third-order valence-corrected chi connectivity index (χ3v) is 3.65. The summed E-state index contributed by atoms with van der Waals surface area (Å²) in [5.41, 5.74) is 3.22. The normalized spacial score (nSPS) is 15.6. The van der Waals surface area contributed by atoms with Crippen LogP contribution in [0.15, 0.2) is 18.3 Å². The fourth-order valence-corrected chi connectivity index (χ4v) is 2.83. The zero-order valence-electron chi connectivity index (χ0n) is 11.0. The third-order valence-electron chi connectivity index (χ3n) is 3.65. The second-order valence-corrected chi connectivity index (χ2v) is 5.18. The van der Waals surface area contributed by atoms with Gasteiger partial charge in [0.25, 0.3) is 0 Å². The molecule has 4 heteroatoms. The van der Waals surface area contributed by atoms with Crippen molar-refractivity contribution < 1.29 is 4.79 Å². The van der Waals surface area contributed by atoms with Gasteiger partial charge in [-0.2, -0.15) is 0 Å². The summed E-state index contributed by atoms with van der Waals surface area (Å²) >= 11 is 0. The maximum Gasteiger partial charge on any atom is 0.329 e. The van der Waals surface area contributed by atoms with Gasteiger partial charge in [-0.3, -0.25) is 0 Å². The third kappa shape index (κ3) is 1.38. The van der Waals surface area contributed by atoms with Crippen molar-refractivity contribution >= 4 is 17.1 Å². The van der Waals surface area contributed by atoms with Gasteiger partial charge in [0.15, 0.2) is 0 Å². The molecule has 0 fully saturated rings. The molecule has 0 saturated heterocycles. The molecule has 0 saturated carbocycles. The van der Waals surface area contributed by atoms with Gasteiger partial charge in [0.05, 0.1) is 0 Å². The largest absolute Gasteiger partial charge is 0.329 e. The Bertz CT molecular complexity index is 627. The maximum atomic E-state index is 12.3. The van der Waals surface area contributed by atoms with E-state index >= 15 is 0 Å². The highest BCUT2D eigenvalue weighted by molar-refractivity contribution is 5.94. The van der Waals surface area contributed by atoms with Gasteiger partial charge in [-0.25, -0.2) is 14.3 Å². The average molecular weight is 243 g/mol. The molecular formula is C14H17N3O. The second kappa shape index (κ2) is 3.83. The number of likely N-dealkylation sites (N-methyl/N-ethyl adjacent to an activating group) is 1. The van der Waals surface area contributed by atoms with Crippen LogP contribution >= 0.6 is 0 Å². The molecule has 0 spiro atoms. The smallest absolute Gasteiger partial charge is 0.327 e. The highest BCUT2D eigenvalue weighted by Crippen LogP contribution is 2.33. The van der Waals surface area contributed by atoms with Crippen LogP contribution < -0.4 is 0 Å². The fourth-order valence-electron chi connectivity index (χ4n) is 2.83. The molecule has 3 rings (SSSR count). The summed E-state index contributed by atoms with van der Waals surface area (Å²) in [6, 6.07) is 4.04. The molecule has 1 amide bonds. The summed E-state index contributed by atoms with van der Waals surface area (Å²) in [6.45, 7) is 5.13. The highest BCUT2D eigenvalue weighted by Gasteiger charge is 2.28. The van der Waals surface area contributed by atoms with E-state index in [1.165, 1.54) is 5.56 Å². The van der Waals surface area contributed by atoms with Crippen LogP contribution in [0.2, 0.25) is 0 Å². The van der Waals surface area contributed by atoms with E-state index < -0.39 is 0 Å². The topological polar surface area (TPSA) is 38.1 Å². The Hall–Kier alpha value is -1.84. The number of hydrogen-bond donors (Lipinski definition) is 0. The van der Waals surface area contributed by atoms with Crippen LogP contribution in [0.1, 0.15) is 31.0 Å². The Labute approximate surface area is 106 Å². The van der Waals surface area contributed by atoms with Crippen molar-refractivity contribution in [3.63, 3.8) is 0 Å². The minimum absolute atomic E-state index is 0.0341. The van der Waals surface area contributed by atoms with Gasteiger partial charge in [0, 0.05) is 37.3 Å². The fraction of sp³-hybridized carbons (Fsp3) is 0.429. The Balaban J connectivity index is 2.40. The van der Waals surface area contributed by atoms with Gasteiger partial charge in [0.2, 0.25) is 0 Å². The molecule has 0 aliphatic carbocycles. The number of pyridine rings is 1. The van der Waals surface area contributed by atoms with Gasteiger partial charge in [-0.05, 0) is 23.6 Å². The molecule has 0 bridgehead atoms. The van der Waals surface area contributed by atoms with E-state index in [1.54, 1.807) is 15.7 Å². The number of amides is 1. The number of fused-ring (bicyclic) bond motifs is 3. The summed E-state index contributed by atoms with van der Waals surface area (Å²) in [5, 5.41) is 1.12. The zero-order valence-corrected chi connectivity index (χ0v) is 11.0. The van der Waals surface area contributed by atoms with Crippen molar-refractivity contribution in [1.29, 1.82) is 0 Å². The van der Waals surface area contributed by atoms with E-state index in [2.05, 4.69) is 24.9 Å². The summed E-state index contributed by atoms with van der Waals surface area (Å²) in [6.07, 6.45) is 2.66. The van der Waals surface area contributed by atoms with Crippen LogP contribution in [0.5, 0.6) is 0 Å². The van der Waals surface area contributed by atoms with Gasteiger partial charge in [-0.15, -0.1) is 0 Å². The van der Waals surface area contributed by atoms with Crippen molar-refractivity contribution in [2.24, 2.45) is 0 Å². The molecule has 4 nitrogen and oxygen atoms in total. The van der Waals surface area contributed by atoms with Gasteiger partial charge in [0.1, 0.15) is 5.65 Å². The first kappa shape index (κ1) is 11.3. The number of carbonyl (C=O) groups excluding carboxylic acids is 1. The average Bonchev–Trinajstić information content (AvgIpc) is 2.68. The van der Waals surface area contributed by atoms with Gasteiger partial charge >= 0.3 is 6.03 Å². The highest BCUT2D eigenvalue weighted by atomic mass is 16.2. The second-order valence-electron chi connectivity index (χ2n) is 5.18. The lowest BCUT2D eigenvalue weighted by atomic mass is 9.98. The maximum absolute atomic E-state index is 12.3. The summed E-state index contributed by atoms with van der Waals surface area (Å²) in [5.74, 6) is 0.407. The van der Waals surface area contributed by atoms with Crippen molar-refractivity contribution in [2.75, 3.05) is 13.6 Å². The SMILES string of the molecule is CC(C)c1c2n(c3ncccc13)C(=O)N(C)CC2. The van der Waals surface area contributed by atoms with Crippen LogP contribution in [0.3, 0.4) is 0 Å². The van der Waals surface area contributed by atoms with E-state index in [4.69, 9.17) is 0 Å². The molecule has 3 heterocycles. The molecule has 0 aromatic carbocycles. The molecule has 2 aromatic rings. The summed E-state index contributed by atoms with van der Waals surface area (Å²) in [4.78, 5) is 18.5. The first-order valence-corrected chi connectivity index (χ1v) is 6.35. The lowest BCUT2D eigenvalue weighted by Crippen LogP contribution is -2.38. The Morgan fingerprint density at radius 1 is 1.39 bits per heavy atom. The molecule has 18 heavy (non-hydrogen) atoms. The first-order valence-electron chi connectivity index (χ1n) is 6.35. The van der Waals surface area contributed by atoms with Crippen molar-refractivity contribution in [3.05, 3.63) is 29.6 Å². The predicted octanol–water partition coefficient (Wildman–Crippen LogP) is 2.62. The van der Waals surface area contributed by atoms with E-state index in [9.17, 15) is 4.79 Å². The predicted molar refractivity (Wildman–Crippen MR) is 71.0 cm³/mol. The first-order chi connectivity index (χ1) is 8.61. The number of hydrogen-bond acceptors (Lipinski definition) is 2. The summed E-state index contributed by atoms with van der Waals surface area (Å²) in [7, 11) is 1.84. The lowest BCUT2D eigenvalue weighted by molar-refractivity contribution is 0.205. The minimum atomic E-state index is 0.0341. The van der Waals surface area contributed by atoms with Crippen molar-refractivity contribution in [3.8, 4) is 0 Å². The quantitative estimate of drug-likeness (QED) is 0.772. The molecule has 1 aliphatic rings.